The highest BCUT2D eigenvalue weighted by Gasteiger charge is 2.31. The van der Waals surface area contributed by atoms with Gasteiger partial charge in [-0.25, -0.2) is 0 Å². The highest BCUT2D eigenvalue weighted by atomic mass is 16.5. The molecule has 0 bridgehead atoms. The summed E-state index contributed by atoms with van der Waals surface area (Å²) in [4.78, 5) is 8.36. The predicted octanol–water partition coefficient (Wildman–Crippen LogP) is 1.75. The highest BCUT2D eigenvalue weighted by molar-refractivity contribution is 5.57. The minimum absolute atomic E-state index is 0.350. The zero-order chi connectivity index (χ0) is 12.5. The van der Waals surface area contributed by atoms with Gasteiger partial charge in [-0.05, 0) is 37.3 Å². The molecule has 0 aliphatic heterocycles. The molecule has 18 heavy (non-hydrogen) atoms. The molecule has 0 radical (unpaired) electrons. The molecule has 1 N–H and O–H groups in total. The summed E-state index contributed by atoms with van der Waals surface area (Å²) >= 11 is 0. The quantitative estimate of drug-likeness (QED) is 0.888. The summed E-state index contributed by atoms with van der Waals surface area (Å²) < 4.78 is 5.18. The van der Waals surface area contributed by atoms with Crippen molar-refractivity contribution in [1.82, 2.24) is 15.1 Å². The van der Waals surface area contributed by atoms with Crippen LogP contribution in [0.1, 0.15) is 24.3 Å². The minimum Gasteiger partial charge on any atom is -0.392 e. The highest BCUT2D eigenvalue weighted by Crippen LogP contribution is 2.33. The van der Waals surface area contributed by atoms with Gasteiger partial charge in [0.15, 0.2) is 0 Å². The first-order valence-electron chi connectivity index (χ1n) is 6.15. The van der Waals surface area contributed by atoms with Crippen LogP contribution in [0.4, 0.5) is 0 Å². The Labute approximate surface area is 105 Å². The Morgan fingerprint density at radius 2 is 2.33 bits per heavy atom. The second-order valence-electron chi connectivity index (χ2n) is 4.81. The van der Waals surface area contributed by atoms with Gasteiger partial charge in [-0.1, -0.05) is 5.16 Å². The van der Waals surface area contributed by atoms with Crippen molar-refractivity contribution in [3.05, 3.63) is 29.9 Å². The zero-order valence-corrected chi connectivity index (χ0v) is 10.2. The fourth-order valence-corrected chi connectivity index (χ4v) is 2.00. The molecule has 1 fully saturated rings. The molecule has 2 aromatic rings. The van der Waals surface area contributed by atoms with E-state index in [1.165, 1.54) is 0 Å². The lowest BCUT2D eigenvalue weighted by molar-refractivity contribution is 0.140. The number of aromatic nitrogens is 3. The largest absolute Gasteiger partial charge is 0.392 e. The van der Waals surface area contributed by atoms with E-state index >= 15 is 0 Å². The van der Waals surface area contributed by atoms with E-state index in [0.29, 0.717) is 24.1 Å². The number of nitrogens with zero attached hydrogens (tertiary/aromatic N) is 3. The summed E-state index contributed by atoms with van der Waals surface area (Å²) in [5.41, 5.74) is 1.92. The van der Waals surface area contributed by atoms with Gasteiger partial charge in [0, 0.05) is 18.0 Å². The van der Waals surface area contributed by atoms with Gasteiger partial charge in [0.25, 0.3) is 0 Å². The van der Waals surface area contributed by atoms with E-state index in [9.17, 15) is 5.11 Å². The maximum absolute atomic E-state index is 9.84. The van der Waals surface area contributed by atoms with Gasteiger partial charge in [0.1, 0.15) is 0 Å². The van der Waals surface area contributed by atoms with Crippen LogP contribution in [-0.2, 0) is 6.42 Å². The average Bonchev–Trinajstić information content (AvgIpc) is 3.12. The Balaban J connectivity index is 1.78. The molecule has 1 atom stereocenters. The number of pyridine rings is 1. The van der Waals surface area contributed by atoms with Crippen molar-refractivity contribution in [3.63, 3.8) is 0 Å². The van der Waals surface area contributed by atoms with Gasteiger partial charge in [0.2, 0.25) is 11.7 Å². The standard InChI is InChI=1S/C13H15N3O2/c1-8-7-14-5-4-10(8)13-15-12(18-16-13)6-11(17)9-2-3-9/h4-5,7,9,11,17H,2-3,6H2,1H3. The van der Waals surface area contributed by atoms with Crippen molar-refractivity contribution in [2.45, 2.75) is 32.3 Å². The summed E-state index contributed by atoms with van der Waals surface area (Å²) in [6, 6.07) is 1.86. The van der Waals surface area contributed by atoms with Crippen LogP contribution in [0.3, 0.4) is 0 Å². The summed E-state index contributed by atoms with van der Waals surface area (Å²) in [6.45, 7) is 1.96. The molecule has 2 heterocycles. The molecule has 5 nitrogen and oxygen atoms in total. The minimum atomic E-state index is -0.350. The fourth-order valence-electron chi connectivity index (χ4n) is 2.00. The summed E-state index contributed by atoms with van der Waals surface area (Å²) in [5.74, 6) is 1.48. The first kappa shape index (κ1) is 11.3. The zero-order valence-electron chi connectivity index (χ0n) is 10.2. The van der Waals surface area contributed by atoms with Crippen molar-refractivity contribution in [2.75, 3.05) is 0 Å². The van der Waals surface area contributed by atoms with Crippen LogP contribution in [0, 0.1) is 12.8 Å². The maximum Gasteiger partial charge on any atom is 0.229 e. The predicted molar refractivity (Wildman–Crippen MR) is 64.7 cm³/mol. The van der Waals surface area contributed by atoms with Crippen LogP contribution < -0.4 is 0 Å². The second kappa shape index (κ2) is 4.49. The van der Waals surface area contributed by atoms with E-state index in [2.05, 4.69) is 15.1 Å². The van der Waals surface area contributed by atoms with Crippen LogP contribution in [-0.4, -0.2) is 26.3 Å². The van der Waals surface area contributed by atoms with E-state index in [0.717, 1.165) is 24.0 Å². The lowest BCUT2D eigenvalue weighted by Crippen LogP contribution is -2.12. The van der Waals surface area contributed by atoms with Crippen LogP contribution >= 0.6 is 0 Å². The van der Waals surface area contributed by atoms with Crippen molar-refractivity contribution in [1.29, 1.82) is 0 Å². The number of rotatable bonds is 4. The number of hydrogen-bond donors (Lipinski definition) is 1. The Morgan fingerprint density at radius 1 is 1.50 bits per heavy atom. The van der Waals surface area contributed by atoms with E-state index in [1.807, 2.05) is 13.0 Å². The monoisotopic (exact) mass is 245 g/mol. The van der Waals surface area contributed by atoms with Crippen LogP contribution in [0.2, 0.25) is 0 Å². The fraction of sp³-hybridized carbons (Fsp3) is 0.462. The summed E-state index contributed by atoms with van der Waals surface area (Å²) in [6.07, 6.45) is 5.78. The molecule has 1 saturated carbocycles. The van der Waals surface area contributed by atoms with Crippen molar-refractivity contribution < 1.29 is 9.63 Å². The topological polar surface area (TPSA) is 72.0 Å². The summed E-state index contributed by atoms with van der Waals surface area (Å²) in [7, 11) is 0. The Morgan fingerprint density at radius 3 is 3.06 bits per heavy atom. The molecule has 0 spiro atoms. The SMILES string of the molecule is Cc1cnccc1-c1noc(CC(O)C2CC2)n1. The van der Waals surface area contributed by atoms with Crippen LogP contribution in [0.5, 0.6) is 0 Å². The van der Waals surface area contributed by atoms with Gasteiger partial charge >= 0.3 is 0 Å². The van der Waals surface area contributed by atoms with Gasteiger partial charge in [-0.3, -0.25) is 4.98 Å². The number of hydrogen-bond acceptors (Lipinski definition) is 5. The van der Waals surface area contributed by atoms with Gasteiger partial charge in [-0.15, -0.1) is 0 Å². The van der Waals surface area contributed by atoms with Crippen molar-refractivity contribution in [3.8, 4) is 11.4 Å². The molecule has 0 amide bonds. The maximum atomic E-state index is 9.84. The van der Waals surface area contributed by atoms with Crippen molar-refractivity contribution >= 4 is 0 Å². The van der Waals surface area contributed by atoms with Crippen LogP contribution in [0.25, 0.3) is 11.4 Å². The third-order valence-corrected chi connectivity index (χ3v) is 3.28. The molecule has 1 aliphatic rings. The lowest BCUT2D eigenvalue weighted by atomic mass is 10.1. The summed E-state index contributed by atoms with van der Waals surface area (Å²) in [5, 5.41) is 13.8. The smallest absolute Gasteiger partial charge is 0.229 e. The van der Waals surface area contributed by atoms with Crippen LogP contribution in [0.15, 0.2) is 23.0 Å². The molecular formula is C13H15N3O2. The number of aliphatic hydroxyl groups is 1. The van der Waals surface area contributed by atoms with E-state index in [4.69, 9.17) is 4.52 Å². The van der Waals surface area contributed by atoms with E-state index in [1.54, 1.807) is 12.4 Å². The molecule has 1 unspecified atom stereocenters. The van der Waals surface area contributed by atoms with Crippen molar-refractivity contribution in [2.24, 2.45) is 5.92 Å². The molecule has 0 saturated heterocycles. The second-order valence-corrected chi connectivity index (χ2v) is 4.81. The first-order chi connectivity index (χ1) is 8.74. The van der Waals surface area contributed by atoms with Gasteiger partial charge < -0.3 is 9.63 Å². The number of aliphatic hydroxyl groups excluding tert-OH is 1. The first-order valence-corrected chi connectivity index (χ1v) is 6.15. The molecule has 2 aromatic heterocycles. The third kappa shape index (κ3) is 2.26. The van der Waals surface area contributed by atoms with E-state index < -0.39 is 0 Å². The molecule has 0 aromatic carbocycles. The normalized spacial score (nSPS) is 16.8. The molecule has 3 rings (SSSR count). The average molecular weight is 245 g/mol. The molecular weight excluding hydrogens is 230 g/mol. The van der Waals surface area contributed by atoms with Gasteiger partial charge in [0.05, 0.1) is 12.5 Å². The van der Waals surface area contributed by atoms with Gasteiger partial charge in [-0.2, -0.15) is 4.98 Å². The van der Waals surface area contributed by atoms with E-state index in [-0.39, 0.29) is 6.10 Å². The third-order valence-electron chi connectivity index (χ3n) is 3.28. The molecule has 1 aliphatic carbocycles. The molecule has 94 valence electrons. The Hall–Kier alpha value is -1.75. The lowest BCUT2D eigenvalue weighted by Gasteiger charge is -2.03. The Bertz CT molecular complexity index is 549. The Kier molecular flexibility index (Phi) is 2.83. The number of aryl methyl sites for hydroxylation is 1. The molecule has 5 heteroatoms.